The molecular formula is C26H23Cl2N3O4. The van der Waals surface area contributed by atoms with Gasteiger partial charge in [-0.1, -0.05) is 41.4 Å². The molecule has 0 saturated carbocycles. The summed E-state index contributed by atoms with van der Waals surface area (Å²) in [6.07, 6.45) is 1.63. The first-order valence-electron chi connectivity index (χ1n) is 10.9. The number of carbonyl (C=O) groups excluding carboxylic acids is 2. The molecule has 1 atom stereocenters. The number of hydrazone groups is 1. The van der Waals surface area contributed by atoms with Crippen LogP contribution in [0.2, 0.25) is 10.0 Å². The number of nitrogens with zero attached hydrogens (tertiary/aromatic N) is 2. The van der Waals surface area contributed by atoms with Gasteiger partial charge in [-0.05, 0) is 54.1 Å². The highest BCUT2D eigenvalue weighted by Gasteiger charge is 2.35. The van der Waals surface area contributed by atoms with Gasteiger partial charge in [0.2, 0.25) is 11.8 Å². The molecule has 0 unspecified atom stereocenters. The average molecular weight is 512 g/mol. The topological polar surface area (TPSA) is 80.2 Å². The molecule has 1 aliphatic rings. The van der Waals surface area contributed by atoms with E-state index in [0.717, 1.165) is 5.56 Å². The molecule has 1 saturated heterocycles. The lowest BCUT2D eigenvalue weighted by molar-refractivity contribution is -0.126. The highest BCUT2D eigenvalue weighted by Crippen LogP contribution is 2.29. The zero-order valence-corrected chi connectivity index (χ0v) is 20.4. The molecule has 0 spiro atoms. The summed E-state index contributed by atoms with van der Waals surface area (Å²) in [5.41, 5.74) is 4.81. The van der Waals surface area contributed by atoms with Crippen molar-refractivity contribution in [1.82, 2.24) is 5.43 Å². The second-order valence-electron chi connectivity index (χ2n) is 7.91. The predicted molar refractivity (Wildman–Crippen MR) is 136 cm³/mol. The van der Waals surface area contributed by atoms with Crippen LogP contribution in [0.4, 0.5) is 5.69 Å². The van der Waals surface area contributed by atoms with E-state index in [1.165, 1.54) is 6.21 Å². The lowest BCUT2D eigenvalue weighted by Crippen LogP contribution is -2.30. The highest BCUT2D eigenvalue weighted by molar-refractivity contribution is 6.31. The first-order valence-corrected chi connectivity index (χ1v) is 11.6. The van der Waals surface area contributed by atoms with Gasteiger partial charge >= 0.3 is 0 Å². The van der Waals surface area contributed by atoms with E-state index in [1.54, 1.807) is 54.5 Å². The van der Waals surface area contributed by atoms with Crippen molar-refractivity contribution in [3.63, 3.8) is 0 Å². The Morgan fingerprint density at radius 3 is 2.63 bits per heavy atom. The number of ether oxygens (including phenoxy) is 2. The molecule has 0 aromatic heterocycles. The second kappa shape index (κ2) is 11.3. The molecule has 2 amide bonds. The maximum atomic E-state index is 12.6. The molecule has 0 bridgehead atoms. The standard InChI is InChI=1S/C26H23Cl2N3O4/c1-34-24-12-17(6-11-23(24)35-16-18-4-2-3-5-22(18)28)14-29-30-26(33)19-13-25(32)31(15-19)21-9-7-20(27)8-10-21/h2-12,14,19H,13,15-16H2,1H3,(H,30,33)/b29-14-/t19-/m0/s1. The van der Waals surface area contributed by atoms with Crippen LogP contribution in [-0.2, 0) is 16.2 Å². The van der Waals surface area contributed by atoms with Crippen molar-refractivity contribution in [2.75, 3.05) is 18.6 Å². The number of anilines is 1. The number of nitrogens with one attached hydrogen (secondary N) is 1. The summed E-state index contributed by atoms with van der Waals surface area (Å²) in [6.45, 7) is 0.583. The van der Waals surface area contributed by atoms with Crippen molar-refractivity contribution in [2.24, 2.45) is 11.0 Å². The van der Waals surface area contributed by atoms with Gasteiger partial charge in [-0.3, -0.25) is 9.59 Å². The van der Waals surface area contributed by atoms with Gasteiger partial charge < -0.3 is 14.4 Å². The van der Waals surface area contributed by atoms with Gasteiger partial charge in [-0.2, -0.15) is 5.10 Å². The van der Waals surface area contributed by atoms with Crippen LogP contribution in [0.1, 0.15) is 17.5 Å². The quantitative estimate of drug-likeness (QED) is 0.337. The van der Waals surface area contributed by atoms with Crippen molar-refractivity contribution in [3.05, 3.63) is 87.9 Å². The number of carbonyl (C=O) groups is 2. The number of rotatable bonds is 8. The Hall–Kier alpha value is -3.55. The molecular weight excluding hydrogens is 489 g/mol. The third kappa shape index (κ3) is 6.12. The molecule has 3 aromatic rings. The molecule has 1 heterocycles. The van der Waals surface area contributed by atoms with Crippen molar-refractivity contribution in [1.29, 1.82) is 0 Å². The van der Waals surface area contributed by atoms with Crippen molar-refractivity contribution < 1.29 is 19.1 Å². The fraction of sp³-hybridized carbons (Fsp3) is 0.192. The second-order valence-corrected chi connectivity index (χ2v) is 8.75. The predicted octanol–water partition coefficient (Wildman–Crippen LogP) is 5.08. The van der Waals surface area contributed by atoms with E-state index in [0.29, 0.717) is 39.4 Å². The first-order chi connectivity index (χ1) is 16.9. The van der Waals surface area contributed by atoms with Crippen LogP contribution in [-0.4, -0.2) is 31.7 Å². The van der Waals surface area contributed by atoms with E-state index in [9.17, 15) is 9.59 Å². The van der Waals surface area contributed by atoms with Gasteiger partial charge in [-0.15, -0.1) is 0 Å². The lowest BCUT2D eigenvalue weighted by atomic mass is 10.1. The molecule has 0 aliphatic carbocycles. The van der Waals surface area contributed by atoms with Gasteiger partial charge in [0.25, 0.3) is 0 Å². The summed E-state index contributed by atoms with van der Waals surface area (Å²) in [6, 6.07) is 19.7. The van der Waals surface area contributed by atoms with E-state index in [2.05, 4.69) is 10.5 Å². The normalized spacial score (nSPS) is 15.5. The third-order valence-corrected chi connectivity index (χ3v) is 6.17. The van der Waals surface area contributed by atoms with Gasteiger partial charge in [-0.25, -0.2) is 5.43 Å². The fourth-order valence-corrected chi connectivity index (χ4v) is 3.99. The molecule has 3 aromatic carbocycles. The van der Waals surface area contributed by atoms with Crippen LogP contribution in [0.25, 0.3) is 0 Å². The summed E-state index contributed by atoms with van der Waals surface area (Å²) in [5, 5.41) is 5.26. The highest BCUT2D eigenvalue weighted by atomic mass is 35.5. The molecule has 7 nitrogen and oxygen atoms in total. The minimum atomic E-state index is -0.495. The van der Waals surface area contributed by atoms with Gasteiger partial charge in [0.05, 0.1) is 19.2 Å². The minimum absolute atomic E-state index is 0.117. The van der Waals surface area contributed by atoms with Crippen LogP contribution in [0.3, 0.4) is 0 Å². The van der Waals surface area contributed by atoms with Crippen LogP contribution in [0.15, 0.2) is 71.8 Å². The Balaban J connectivity index is 1.34. The Bertz CT molecular complexity index is 1250. The van der Waals surface area contributed by atoms with E-state index < -0.39 is 5.92 Å². The van der Waals surface area contributed by atoms with Gasteiger partial charge in [0, 0.05) is 34.3 Å². The number of hydrogen-bond donors (Lipinski definition) is 1. The average Bonchev–Trinajstić information content (AvgIpc) is 3.26. The van der Waals surface area contributed by atoms with Crippen LogP contribution in [0.5, 0.6) is 11.5 Å². The minimum Gasteiger partial charge on any atom is -0.493 e. The van der Waals surface area contributed by atoms with E-state index in [-0.39, 0.29) is 24.8 Å². The Labute approximate surface area is 213 Å². The molecule has 1 fully saturated rings. The monoisotopic (exact) mass is 511 g/mol. The van der Waals surface area contributed by atoms with Crippen molar-refractivity contribution >= 4 is 46.9 Å². The molecule has 1 aliphatic heterocycles. The molecule has 180 valence electrons. The molecule has 0 radical (unpaired) electrons. The smallest absolute Gasteiger partial charge is 0.245 e. The number of benzene rings is 3. The zero-order chi connectivity index (χ0) is 24.8. The fourth-order valence-electron chi connectivity index (χ4n) is 3.67. The van der Waals surface area contributed by atoms with Gasteiger partial charge in [0.15, 0.2) is 11.5 Å². The van der Waals surface area contributed by atoms with E-state index in [4.69, 9.17) is 32.7 Å². The van der Waals surface area contributed by atoms with E-state index >= 15 is 0 Å². The van der Waals surface area contributed by atoms with Crippen molar-refractivity contribution in [2.45, 2.75) is 13.0 Å². The Morgan fingerprint density at radius 1 is 1.11 bits per heavy atom. The molecule has 1 N–H and O–H groups in total. The van der Waals surface area contributed by atoms with Crippen molar-refractivity contribution in [3.8, 4) is 11.5 Å². The first kappa shape index (κ1) is 24.6. The van der Waals surface area contributed by atoms with Gasteiger partial charge in [0.1, 0.15) is 6.61 Å². The van der Waals surface area contributed by atoms with E-state index in [1.807, 2.05) is 24.3 Å². The molecule has 35 heavy (non-hydrogen) atoms. The molecule has 9 heteroatoms. The summed E-state index contributed by atoms with van der Waals surface area (Å²) in [7, 11) is 1.55. The summed E-state index contributed by atoms with van der Waals surface area (Å²) in [4.78, 5) is 26.5. The summed E-state index contributed by atoms with van der Waals surface area (Å²) in [5.74, 6) is 0.143. The van der Waals surface area contributed by atoms with Crippen LogP contribution < -0.4 is 19.8 Å². The number of hydrogen-bond acceptors (Lipinski definition) is 5. The van der Waals surface area contributed by atoms with Crippen LogP contribution >= 0.6 is 23.2 Å². The SMILES string of the molecule is COc1cc(/C=N\NC(=O)[C@H]2CC(=O)N(c3ccc(Cl)cc3)C2)ccc1OCc1ccccc1Cl. The van der Waals surface area contributed by atoms with Crippen LogP contribution in [0, 0.1) is 5.92 Å². The summed E-state index contributed by atoms with van der Waals surface area (Å²) < 4.78 is 11.3. The summed E-state index contributed by atoms with van der Waals surface area (Å²) >= 11 is 12.1. The number of amides is 2. The third-order valence-electron chi connectivity index (χ3n) is 5.55. The number of halogens is 2. The maximum absolute atomic E-state index is 12.6. The molecule has 4 rings (SSSR count). The Kier molecular flexibility index (Phi) is 7.90. The Morgan fingerprint density at radius 2 is 1.89 bits per heavy atom. The zero-order valence-electron chi connectivity index (χ0n) is 18.9. The number of methoxy groups -OCH3 is 1. The largest absolute Gasteiger partial charge is 0.493 e. The maximum Gasteiger partial charge on any atom is 0.245 e. The lowest BCUT2D eigenvalue weighted by Gasteiger charge is -2.16.